The van der Waals surface area contributed by atoms with Crippen molar-refractivity contribution in [1.82, 2.24) is 15.2 Å². The van der Waals surface area contributed by atoms with Crippen molar-refractivity contribution >= 4 is 23.1 Å². The van der Waals surface area contributed by atoms with Crippen molar-refractivity contribution in [2.45, 2.75) is 13.5 Å². The average Bonchev–Trinajstić information content (AvgIpc) is 2.82. The lowest BCUT2D eigenvalue weighted by Crippen LogP contribution is -1.98. The normalized spacial score (nSPS) is 10.8. The lowest BCUT2D eigenvalue weighted by Gasteiger charge is -2.06. The van der Waals surface area contributed by atoms with E-state index in [4.69, 9.17) is 21.4 Å². The molecule has 1 N–H and O–H groups in total. The lowest BCUT2D eigenvalue weighted by atomic mass is 10.1. The molecular weight excluding hydrogens is 262 g/mol. The van der Waals surface area contributed by atoms with E-state index >= 15 is 0 Å². The van der Waals surface area contributed by atoms with E-state index in [0.717, 1.165) is 16.5 Å². The molecule has 6 heteroatoms. The number of aryl methyl sites for hydroxylation is 1. The number of H-pyrrole nitrogens is 1. The molecule has 19 heavy (non-hydrogen) atoms. The largest absolute Gasteiger partial charge is 0.468 e. The minimum atomic E-state index is 0.192. The van der Waals surface area contributed by atoms with Gasteiger partial charge in [-0.1, -0.05) is 18.2 Å². The molecule has 0 saturated heterocycles. The standard InChI is InChI=1S/C13H11N3O2S/c1-8-6-11(14-10-5-3-2-4-9(8)10)17-7-12-15-16-13(19)18-12/h2-6H,7H2,1H3,(H,16,19). The highest BCUT2D eigenvalue weighted by molar-refractivity contribution is 7.71. The van der Waals surface area contributed by atoms with Gasteiger partial charge in [0.1, 0.15) is 0 Å². The number of para-hydroxylation sites is 1. The smallest absolute Gasteiger partial charge is 0.284 e. The number of hydrogen-bond acceptors (Lipinski definition) is 5. The summed E-state index contributed by atoms with van der Waals surface area (Å²) in [5.41, 5.74) is 2.02. The fraction of sp³-hybridized carbons (Fsp3) is 0.154. The number of fused-ring (bicyclic) bond motifs is 1. The zero-order valence-corrected chi connectivity index (χ0v) is 11.0. The molecule has 5 nitrogen and oxygen atoms in total. The minimum Gasteiger partial charge on any atom is -0.468 e. The molecule has 3 aromatic rings. The van der Waals surface area contributed by atoms with Gasteiger partial charge >= 0.3 is 0 Å². The topological polar surface area (TPSA) is 63.9 Å². The first-order chi connectivity index (χ1) is 9.22. The second kappa shape index (κ2) is 4.81. The van der Waals surface area contributed by atoms with Crippen molar-refractivity contribution in [1.29, 1.82) is 0 Å². The Hall–Kier alpha value is -2.21. The Morgan fingerprint density at radius 3 is 3.00 bits per heavy atom. The van der Waals surface area contributed by atoms with Crippen LogP contribution in [0.25, 0.3) is 10.9 Å². The molecule has 0 aliphatic carbocycles. The third-order valence-electron chi connectivity index (χ3n) is 2.73. The Morgan fingerprint density at radius 2 is 2.21 bits per heavy atom. The SMILES string of the molecule is Cc1cc(OCc2n[nH]c(=S)o2)nc2ccccc12. The summed E-state index contributed by atoms with van der Waals surface area (Å²) < 4.78 is 10.7. The van der Waals surface area contributed by atoms with Gasteiger partial charge in [-0.05, 0) is 30.8 Å². The van der Waals surface area contributed by atoms with Crippen LogP contribution in [-0.2, 0) is 6.61 Å². The molecule has 2 aromatic heterocycles. The van der Waals surface area contributed by atoms with Gasteiger partial charge in [-0.3, -0.25) is 0 Å². The Bertz CT molecular complexity index is 779. The van der Waals surface area contributed by atoms with Crippen molar-refractivity contribution in [2.24, 2.45) is 0 Å². The quantitative estimate of drug-likeness (QED) is 0.742. The van der Waals surface area contributed by atoms with E-state index < -0.39 is 0 Å². The van der Waals surface area contributed by atoms with E-state index in [1.54, 1.807) is 0 Å². The van der Waals surface area contributed by atoms with Crippen molar-refractivity contribution < 1.29 is 9.15 Å². The van der Waals surface area contributed by atoms with Gasteiger partial charge in [0, 0.05) is 11.5 Å². The number of rotatable bonds is 3. The van der Waals surface area contributed by atoms with E-state index in [-0.39, 0.29) is 11.4 Å². The van der Waals surface area contributed by atoms with Gasteiger partial charge in [0.05, 0.1) is 5.52 Å². The Labute approximate surface area is 114 Å². The predicted octanol–water partition coefficient (Wildman–Crippen LogP) is 3.17. The van der Waals surface area contributed by atoms with Gasteiger partial charge in [0.15, 0.2) is 6.61 Å². The molecule has 0 spiro atoms. The van der Waals surface area contributed by atoms with Crippen LogP contribution in [0, 0.1) is 11.8 Å². The highest BCUT2D eigenvalue weighted by atomic mass is 32.1. The summed E-state index contributed by atoms with van der Waals surface area (Å²) in [5, 5.41) is 7.53. The summed E-state index contributed by atoms with van der Waals surface area (Å²) in [6, 6.07) is 9.82. The van der Waals surface area contributed by atoms with Crippen LogP contribution < -0.4 is 4.74 Å². The summed E-state index contributed by atoms with van der Waals surface area (Å²) in [6.07, 6.45) is 0. The fourth-order valence-corrected chi connectivity index (χ4v) is 1.99. The van der Waals surface area contributed by atoms with Gasteiger partial charge in [-0.25, -0.2) is 10.1 Å². The molecule has 0 fully saturated rings. The second-order valence-electron chi connectivity index (χ2n) is 4.09. The van der Waals surface area contributed by atoms with Crippen molar-refractivity contribution in [3.63, 3.8) is 0 Å². The monoisotopic (exact) mass is 273 g/mol. The molecule has 0 atom stereocenters. The number of aromatic amines is 1. The van der Waals surface area contributed by atoms with Gasteiger partial charge in [0.25, 0.3) is 10.7 Å². The van der Waals surface area contributed by atoms with E-state index in [2.05, 4.69) is 15.2 Å². The first-order valence-electron chi connectivity index (χ1n) is 5.76. The molecular formula is C13H11N3O2S. The zero-order valence-electron chi connectivity index (χ0n) is 10.2. The van der Waals surface area contributed by atoms with Crippen LogP contribution in [0.5, 0.6) is 5.88 Å². The third kappa shape index (κ3) is 2.48. The Kier molecular flexibility index (Phi) is 3.00. The van der Waals surface area contributed by atoms with Crippen LogP contribution in [0.4, 0.5) is 0 Å². The summed E-state index contributed by atoms with van der Waals surface area (Å²) in [4.78, 5) is 4.67. The second-order valence-corrected chi connectivity index (χ2v) is 4.46. The number of nitrogens with one attached hydrogen (secondary N) is 1. The van der Waals surface area contributed by atoms with Crippen molar-refractivity contribution in [2.75, 3.05) is 0 Å². The molecule has 0 radical (unpaired) electrons. The first kappa shape index (κ1) is 11.9. The van der Waals surface area contributed by atoms with Crippen LogP contribution in [-0.4, -0.2) is 15.2 Å². The van der Waals surface area contributed by atoms with E-state index in [9.17, 15) is 0 Å². The molecule has 3 rings (SSSR count). The summed E-state index contributed by atoms with van der Waals surface area (Å²) in [6.45, 7) is 2.22. The minimum absolute atomic E-state index is 0.192. The highest BCUT2D eigenvalue weighted by Gasteiger charge is 2.05. The number of hydrogen-bond donors (Lipinski definition) is 1. The maximum absolute atomic E-state index is 5.56. The van der Waals surface area contributed by atoms with Gasteiger partial charge < -0.3 is 9.15 Å². The number of pyridine rings is 1. The van der Waals surface area contributed by atoms with Gasteiger partial charge in [-0.2, -0.15) is 0 Å². The van der Waals surface area contributed by atoms with Crippen LogP contribution in [0.2, 0.25) is 0 Å². The molecule has 0 amide bonds. The summed E-state index contributed by atoms with van der Waals surface area (Å²) in [5.74, 6) is 0.943. The number of ether oxygens (including phenoxy) is 1. The predicted molar refractivity (Wildman–Crippen MR) is 72.5 cm³/mol. The first-order valence-corrected chi connectivity index (χ1v) is 6.17. The zero-order chi connectivity index (χ0) is 13.2. The highest BCUT2D eigenvalue weighted by Crippen LogP contribution is 2.21. The van der Waals surface area contributed by atoms with E-state index in [1.807, 2.05) is 37.3 Å². The van der Waals surface area contributed by atoms with Crippen LogP contribution in [0.3, 0.4) is 0 Å². The lowest BCUT2D eigenvalue weighted by molar-refractivity contribution is 0.253. The average molecular weight is 273 g/mol. The molecule has 1 aromatic carbocycles. The van der Waals surface area contributed by atoms with Gasteiger partial charge in [-0.15, -0.1) is 5.10 Å². The number of aromatic nitrogens is 3. The van der Waals surface area contributed by atoms with E-state index in [1.165, 1.54) is 0 Å². The van der Waals surface area contributed by atoms with Crippen molar-refractivity contribution in [3.05, 3.63) is 46.6 Å². The van der Waals surface area contributed by atoms with Crippen LogP contribution >= 0.6 is 12.2 Å². The summed E-state index contributed by atoms with van der Waals surface area (Å²) >= 11 is 4.79. The molecule has 0 unspecified atom stereocenters. The Morgan fingerprint density at radius 1 is 1.37 bits per heavy atom. The molecule has 0 aliphatic rings. The molecule has 2 heterocycles. The molecule has 96 valence electrons. The maximum Gasteiger partial charge on any atom is 0.284 e. The summed E-state index contributed by atoms with van der Waals surface area (Å²) in [7, 11) is 0. The van der Waals surface area contributed by atoms with E-state index in [0.29, 0.717) is 11.8 Å². The van der Waals surface area contributed by atoms with Gasteiger partial charge in [0.2, 0.25) is 5.88 Å². The fourth-order valence-electron chi connectivity index (χ4n) is 1.85. The van der Waals surface area contributed by atoms with Crippen LogP contribution in [0.15, 0.2) is 34.7 Å². The van der Waals surface area contributed by atoms with Crippen molar-refractivity contribution in [3.8, 4) is 5.88 Å². The maximum atomic E-state index is 5.56. The molecule has 0 aliphatic heterocycles. The molecule has 0 saturated carbocycles. The van der Waals surface area contributed by atoms with Crippen LogP contribution in [0.1, 0.15) is 11.5 Å². The third-order valence-corrected chi connectivity index (χ3v) is 2.90. The number of benzene rings is 1. The molecule has 0 bridgehead atoms. The Balaban J connectivity index is 1.87. The number of nitrogens with zero attached hydrogens (tertiary/aromatic N) is 2.